The molecule has 20 heavy (non-hydrogen) atoms. The number of nitrogens with zero attached hydrogens (tertiary/aromatic N) is 1. The predicted octanol–water partition coefficient (Wildman–Crippen LogP) is 4.65. The maximum Gasteiger partial charge on any atom is 0.257 e. The Morgan fingerprint density at radius 3 is 2.25 bits per heavy atom. The smallest absolute Gasteiger partial charge is 0.257 e. The Labute approximate surface area is 134 Å². The number of nitrogens with one attached hydrogen (secondary N) is 1. The molecule has 1 aromatic carbocycles. The predicted molar refractivity (Wildman–Crippen MR) is 80.3 cm³/mol. The second-order valence-electron chi connectivity index (χ2n) is 3.73. The van der Waals surface area contributed by atoms with E-state index >= 15 is 0 Å². The lowest BCUT2D eigenvalue weighted by Crippen LogP contribution is -2.12. The number of phenols is 1. The molecule has 0 bridgehead atoms. The normalized spacial score (nSPS) is 10.4. The Balaban J connectivity index is 2.30. The molecule has 0 fully saturated rings. The first-order chi connectivity index (χ1) is 9.38. The molecule has 1 amide bonds. The molecular weight excluding hydrogens is 346 g/mol. The quantitative estimate of drug-likeness (QED) is 0.611. The molecule has 0 saturated carbocycles. The van der Waals surface area contributed by atoms with Crippen LogP contribution in [0.2, 0.25) is 20.2 Å². The zero-order chi connectivity index (χ0) is 14.9. The molecule has 1 aromatic heterocycles. The summed E-state index contributed by atoms with van der Waals surface area (Å²) >= 11 is 23.1. The Hall–Kier alpha value is -1.20. The van der Waals surface area contributed by atoms with Crippen LogP contribution in [0.25, 0.3) is 0 Å². The Morgan fingerprint density at radius 2 is 1.65 bits per heavy atom. The summed E-state index contributed by atoms with van der Waals surface area (Å²) in [6.07, 6.45) is 1.27. The number of halogens is 4. The molecular formula is C12H6Cl4N2O2. The van der Waals surface area contributed by atoms with E-state index in [1.54, 1.807) is 0 Å². The zero-order valence-corrected chi connectivity index (χ0v) is 12.6. The van der Waals surface area contributed by atoms with Crippen LogP contribution < -0.4 is 5.32 Å². The molecule has 104 valence electrons. The minimum absolute atomic E-state index is 0.0201. The molecule has 0 aliphatic rings. The summed E-state index contributed by atoms with van der Waals surface area (Å²) in [6.45, 7) is 0. The number of hydrogen-bond acceptors (Lipinski definition) is 3. The van der Waals surface area contributed by atoms with Crippen molar-refractivity contribution in [2.45, 2.75) is 0 Å². The van der Waals surface area contributed by atoms with E-state index in [9.17, 15) is 9.90 Å². The molecule has 8 heteroatoms. The van der Waals surface area contributed by atoms with Crippen LogP contribution in [-0.4, -0.2) is 16.0 Å². The van der Waals surface area contributed by atoms with Gasteiger partial charge in [0.15, 0.2) is 5.75 Å². The second kappa shape index (κ2) is 6.06. The number of phenolic OH excluding ortho intramolecular Hbond substituents is 1. The van der Waals surface area contributed by atoms with Crippen LogP contribution >= 0.6 is 46.4 Å². The largest absolute Gasteiger partial charge is 0.505 e. The third-order valence-electron chi connectivity index (χ3n) is 2.34. The first kappa shape index (κ1) is 15.2. The third kappa shape index (κ3) is 3.27. The van der Waals surface area contributed by atoms with Crippen LogP contribution in [0.1, 0.15) is 10.4 Å². The van der Waals surface area contributed by atoms with Gasteiger partial charge in [-0.05, 0) is 18.2 Å². The fraction of sp³-hybridized carbons (Fsp3) is 0. The maximum atomic E-state index is 12.1. The Morgan fingerprint density at radius 1 is 1.05 bits per heavy atom. The van der Waals surface area contributed by atoms with Crippen molar-refractivity contribution in [3.8, 4) is 5.75 Å². The summed E-state index contributed by atoms with van der Waals surface area (Å²) in [7, 11) is 0. The summed E-state index contributed by atoms with van der Waals surface area (Å²) < 4.78 is 0. The highest BCUT2D eigenvalue weighted by atomic mass is 35.5. The minimum atomic E-state index is -0.503. The standard InChI is InChI=1S/C12H6Cl4N2O2/c13-7-1-5(2-8(14)11(7)19)18-12(20)6-3-10(16)17-4-9(6)15/h1-4,19H,(H,18,20). The summed E-state index contributed by atoms with van der Waals surface area (Å²) in [5, 5.41) is 12.3. The lowest BCUT2D eigenvalue weighted by molar-refractivity contribution is 0.102. The number of carbonyl (C=O) groups excluding carboxylic acids is 1. The van der Waals surface area contributed by atoms with Gasteiger partial charge in [-0.3, -0.25) is 4.79 Å². The van der Waals surface area contributed by atoms with Crippen molar-refractivity contribution < 1.29 is 9.90 Å². The molecule has 2 rings (SSSR count). The highest BCUT2D eigenvalue weighted by molar-refractivity contribution is 6.38. The van der Waals surface area contributed by atoms with Gasteiger partial charge in [-0.15, -0.1) is 0 Å². The number of benzene rings is 1. The van der Waals surface area contributed by atoms with Crippen molar-refractivity contribution in [2.75, 3.05) is 5.32 Å². The fourth-order valence-corrected chi connectivity index (χ4v) is 2.26. The molecule has 0 radical (unpaired) electrons. The lowest BCUT2D eigenvalue weighted by Gasteiger charge is -2.09. The van der Waals surface area contributed by atoms with Crippen LogP contribution in [0.4, 0.5) is 5.69 Å². The third-order valence-corrected chi connectivity index (χ3v) is 3.43. The minimum Gasteiger partial charge on any atom is -0.505 e. The molecule has 0 spiro atoms. The van der Waals surface area contributed by atoms with E-state index in [4.69, 9.17) is 46.4 Å². The highest BCUT2D eigenvalue weighted by Crippen LogP contribution is 2.34. The lowest BCUT2D eigenvalue weighted by atomic mass is 10.2. The van der Waals surface area contributed by atoms with Gasteiger partial charge in [0, 0.05) is 11.9 Å². The van der Waals surface area contributed by atoms with Gasteiger partial charge in [-0.1, -0.05) is 46.4 Å². The number of hydrogen-bond donors (Lipinski definition) is 2. The summed E-state index contributed by atoms with van der Waals surface area (Å²) in [6, 6.07) is 4.05. The van der Waals surface area contributed by atoms with Crippen LogP contribution in [-0.2, 0) is 0 Å². The first-order valence-corrected chi connectivity index (χ1v) is 6.70. The van der Waals surface area contributed by atoms with E-state index in [-0.39, 0.29) is 31.5 Å². The number of anilines is 1. The number of rotatable bonds is 2. The van der Waals surface area contributed by atoms with Gasteiger partial charge < -0.3 is 10.4 Å². The maximum absolute atomic E-state index is 12.1. The van der Waals surface area contributed by atoms with Gasteiger partial charge in [-0.25, -0.2) is 4.98 Å². The summed E-state index contributed by atoms with van der Waals surface area (Å²) in [5.41, 5.74) is 0.471. The monoisotopic (exact) mass is 350 g/mol. The van der Waals surface area contributed by atoms with Crippen molar-refractivity contribution in [1.82, 2.24) is 4.98 Å². The number of aromatic hydroxyl groups is 1. The first-order valence-electron chi connectivity index (χ1n) is 5.19. The Kier molecular flexibility index (Phi) is 4.60. The van der Waals surface area contributed by atoms with Gasteiger partial charge in [0.05, 0.1) is 20.6 Å². The van der Waals surface area contributed by atoms with Crippen molar-refractivity contribution >= 4 is 58.0 Å². The van der Waals surface area contributed by atoms with Crippen LogP contribution in [0.3, 0.4) is 0 Å². The molecule has 1 heterocycles. The van der Waals surface area contributed by atoms with Crippen molar-refractivity contribution in [3.05, 3.63) is 50.2 Å². The average Bonchev–Trinajstić information content (AvgIpc) is 2.38. The van der Waals surface area contributed by atoms with Gasteiger partial charge in [0.1, 0.15) is 5.15 Å². The average molecular weight is 352 g/mol. The van der Waals surface area contributed by atoms with E-state index in [0.29, 0.717) is 5.69 Å². The molecule has 0 aliphatic carbocycles. The topological polar surface area (TPSA) is 62.2 Å². The van der Waals surface area contributed by atoms with E-state index in [2.05, 4.69) is 10.3 Å². The van der Waals surface area contributed by atoms with E-state index in [1.807, 2.05) is 0 Å². The molecule has 2 N–H and O–H groups in total. The molecule has 0 atom stereocenters. The van der Waals surface area contributed by atoms with Crippen LogP contribution in [0, 0.1) is 0 Å². The summed E-state index contributed by atoms with van der Waals surface area (Å²) in [4.78, 5) is 15.8. The van der Waals surface area contributed by atoms with Gasteiger partial charge in [0.25, 0.3) is 5.91 Å². The Bertz CT molecular complexity index is 668. The van der Waals surface area contributed by atoms with Crippen molar-refractivity contribution in [2.24, 2.45) is 0 Å². The molecule has 0 aliphatic heterocycles. The number of amides is 1. The van der Waals surface area contributed by atoms with E-state index in [1.165, 1.54) is 24.4 Å². The highest BCUT2D eigenvalue weighted by Gasteiger charge is 2.14. The molecule has 0 saturated heterocycles. The number of aromatic nitrogens is 1. The van der Waals surface area contributed by atoms with Gasteiger partial charge in [-0.2, -0.15) is 0 Å². The SMILES string of the molecule is O=C(Nc1cc(Cl)c(O)c(Cl)c1)c1cc(Cl)ncc1Cl. The van der Waals surface area contributed by atoms with Gasteiger partial charge >= 0.3 is 0 Å². The summed E-state index contributed by atoms with van der Waals surface area (Å²) in [5.74, 6) is -0.756. The van der Waals surface area contributed by atoms with Crippen LogP contribution in [0.15, 0.2) is 24.4 Å². The number of pyridine rings is 1. The number of carbonyl (C=O) groups is 1. The zero-order valence-electron chi connectivity index (χ0n) is 9.62. The van der Waals surface area contributed by atoms with E-state index in [0.717, 1.165) is 0 Å². The molecule has 2 aromatic rings. The van der Waals surface area contributed by atoms with E-state index < -0.39 is 5.91 Å². The fourth-order valence-electron chi connectivity index (χ4n) is 1.42. The van der Waals surface area contributed by atoms with Crippen molar-refractivity contribution in [1.29, 1.82) is 0 Å². The van der Waals surface area contributed by atoms with Crippen molar-refractivity contribution in [3.63, 3.8) is 0 Å². The molecule has 4 nitrogen and oxygen atoms in total. The molecule has 0 unspecified atom stereocenters. The van der Waals surface area contributed by atoms with Crippen LogP contribution in [0.5, 0.6) is 5.75 Å². The van der Waals surface area contributed by atoms with Gasteiger partial charge in [0.2, 0.25) is 0 Å². The second-order valence-corrected chi connectivity index (χ2v) is 5.34.